The van der Waals surface area contributed by atoms with Crippen molar-refractivity contribution in [3.63, 3.8) is 0 Å². The van der Waals surface area contributed by atoms with Crippen LogP contribution < -0.4 is 4.74 Å². The van der Waals surface area contributed by atoms with Gasteiger partial charge in [-0.2, -0.15) is 0 Å². The zero-order valence-electron chi connectivity index (χ0n) is 15.0. The average Bonchev–Trinajstić information content (AvgIpc) is 3.01. The predicted octanol–water partition coefficient (Wildman–Crippen LogP) is 3.82. The van der Waals surface area contributed by atoms with Gasteiger partial charge in [0.2, 0.25) is 0 Å². The van der Waals surface area contributed by atoms with E-state index in [2.05, 4.69) is 23.1 Å². The van der Waals surface area contributed by atoms with Crippen molar-refractivity contribution in [1.29, 1.82) is 0 Å². The van der Waals surface area contributed by atoms with Crippen LogP contribution in [0, 0.1) is 0 Å². The summed E-state index contributed by atoms with van der Waals surface area (Å²) >= 11 is 0. The molecule has 2 aromatic rings. The second kappa shape index (κ2) is 7.12. The number of fused-ring (bicyclic) bond motifs is 1. The summed E-state index contributed by atoms with van der Waals surface area (Å²) in [4.78, 5) is 14.7. The number of hydrogen-bond donors (Lipinski definition) is 1. The Balaban J connectivity index is 1.22. The van der Waals surface area contributed by atoms with Crippen molar-refractivity contribution >= 4 is 5.78 Å². The van der Waals surface area contributed by atoms with E-state index in [9.17, 15) is 9.90 Å². The molecular formula is C22H25NO3. The van der Waals surface area contributed by atoms with E-state index in [0.29, 0.717) is 12.0 Å². The van der Waals surface area contributed by atoms with Crippen molar-refractivity contribution in [3.8, 4) is 11.5 Å². The lowest BCUT2D eigenvalue weighted by Gasteiger charge is -2.38. The number of benzene rings is 2. The lowest BCUT2D eigenvalue weighted by Crippen LogP contribution is -2.47. The number of para-hydroxylation sites is 1. The maximum absolute atomic E-state index is 12.2. The average molecular weight is 351 g/mol. The molecule has 2 aromatic carbocycles. The third kappa shape index (κ3) is 3.61. The van der Waals surface area contributed by atoms with Crippen LogP contribution in [0.2, 0.25) is 0 Å². The molecule has 1 saturated heterocycles. The number of aromatic hydroxyl groups is 1. The summed E-state index contributed by atoms with van der Waals surface area (Å²) in [7, 11) is 0. The minimum atomic E-state index is -0.0119. The van der Waals surface area contributed by atoms with Gasteiger partial charge in [0, 0.05) is 44.3 Å². The third-order valence-corrected chi connectivity index (χ3v) is 5.65. The molecule has 26 heavy (non-hydrogen) atoms. The lowest BCUT2D eigenvalue weighted by molar-refractivity contribution is 0.0190. The Bertz CT molecular complexity index is 749. The van der Waals surface area contributed by atoms with E-state index in [1.165, 1.54) is 5.56 Å². The van der Waals surface area contributed by atoms with E-state index >= 15 is 0 Å². The van der Waals surface area contributed by atoms with E-state index in [-0.39, 0.29) is 17.1 Å². The summed E-state index contributed by atoms with van der Waals surface area (Å²) in [6.45, 7) is 3.01. The molecule has 2 heterocycles. The Kier molecular flexibility index (Phi) is 4.68. The summed E-state index contributed by atoms with van der Waals surface area (Å²) in [5.74, 6) is 1.40. The van der Waals surface area contributed by atoms with Crippen molar-refractivity contribution in [3.05, 3.63) is 59.7 Å². The van der Waals surface area contributed by atoms with E-state index in [4.69, 9.17) is 4.74 Å². The first-order chi connectivity index (χ1) is 12.6. The summed E-state index contributed by atoms with van der Waals surface area (Å²) < 4.78 is 6.29. The summed E-state index contributed by atoms with van der Waals surface area (Å²) in [6.07, 6.45) is 4.54. The number of carbonyl (C=O) groups excluding carboxylic acids is 1. The van der Waals surface area contributed by atoms with Crippen LogP contribution in [0.1, 0.15) is 41.6 Å². The molecule has 2 aliphatic heterocycles. The highest BCUT2D eigenvalue weighted by atomic mass is 16.5. The first-order valence-electron chi connectivity index (χ1n) is 9.45. The van der Waals surface area contributed by atoms with Crippen LogP contribution in [0.25, 0.3) is 0 Å². The molecule has 2 aliphatic rings. The van der Waals surface area contributed by atoms with Crippen LogP contribution in [-0.2, 0) is 6.42 Å². The van der Waals surface area contributed by atoms with Crippen LogP contribution in [0.3, 0.4) is 0 Å². The molecule has 0 radical (unpaired) electrons. The molecule has 4 rings (SSSR count). The molecule has 1 fully saturated rings. The highest BCUT2D eigenvalue weighted by molar-refractivity contribution is 5.96. The van der Waals surface area contributed by atoms with E-state index in [1.54, 1.807) is 24.3 Å². The van der Waals surface area contributed by atoms with Crippen LogP contribution in [0.15, 0.2) is 48.5 Å². The number of rotatable bonds is 5. The number of piperidine rings is 1. The van der Waals surface area contributed by atoms with Crippen molar-refractivity contribution in [2.75, 3.05) is 19.6 Å². The van der Waals surface area contributed by atoms with Gasteiger partial charge in [-0.05, 0) is 48.9 Å². The number of phenolic OH excluding ortho intramolecular Hbond substituents is 1. The SMILES string of the molecule is O=C(CCCN1CCC2(CC1)Cc1ccccc1O2)c1ccc(O)cc1. The number of carbonyl (C=O) groups is 1. The molecule has 0 atom stereocenters. The molecule has 4 nitrogen and oxygen atoms in total. The molecule has 1 N–H and O–H groups in total. The highest BCUT2D eigenvalue weighted by Crippen LogP contribution is 2.40. The second-order valence-electron chi connectivity index (χ2n) is 7.48. The molecule has 0 unspecified atom stereocenters. The largest absolute Gasteiger partial charge is 0.508 e. The van der Waals surface area contributed by atoms with Gasteiger partial charge in [0.25, 0.3) is 0 Å². The quantitative estimate of drug-likeness (QED) is 0.832. The Morgan fingerprint density at radius 3 is 2.54 bits per heavy atom. The molecule has 0 aliphatic carbocycles. The molecule has 0 amide bonds. The van der Waals surface area contributed by atoms with Gasteiger partial charge in [-0.3, -0.25) is 4.79 Å². The molecule has 4 heteroatoms. The van der Waals surface area contributed by atoms with E-state index < -0.39 is 0 Å². The van der Waals surface area contributed by atoms with Crippen molar-refractivity contribution in [1.82, 2.24) is 4.90 Å². The molecule has 0 aromatic heterocycles. The third-order valence-electron chi connectivity index (χ3n) is 5.65. The fourth-order valence-electron chi connectivity index (χ4n) is 4.08. The zero-order valence-corrected chi connectivity index (χ0v) is 15.0. The van der Waals surface area contributed by atoms with Gasteiger partial charge in [0.1, 0.15) is 17.1 Å². The first kappa shape index (κ1) is 17.1. The molecular weight excluding hydrogens is 326 g/mol. The van der Waals surface area contributed by atoms with Crippen molar-refractivity contribution in [2.24, 2.45) is 0 Å². The van der Waals surface area contributed by atoms with Crippen LogP contribution in [-0.4, -0.2) is 41.0 Å². The standard InChI is InChI=1S/C22H25NO3/c24-19-9-7-17(8-10-19)20(25)5-3-13-23-14-11-22(12-15-23)16-18-4-1-2-6-21(18)26-22/h1-2,4,6-10,24H,3,5,11-16H2. The van der Waals surface area contributed by atoms with Crippen LogP contribution in [0.5, 0.6) is 11.5 Å². The first-order valence-corrected chi connectivity index (χ1v) is 9.45. The maximum Gasteiger partial charge on any atom is 0.162 e. The number of hydrogen-bond acceptors (Lipinski definition) is 4. The van der Waals surface area contributed by atoms with Crippen molar-refractivity contribution in [2.45, 2.75) is 37.7 Å². The van der Waals surface area contributed by atoms with Gasteiger partial charge in [-0.15, -0.1) is 0 Å². The second-order valence-corrected chi connectivity index (χ2v) is 7.48. The van der Waals surface area contributed by atoms with Gasteiger partial charge in [-0.25, -0.2) is 0 Å². The molecule has 136 valence electrons. The Labute approximate surface area is 154 Å². The number of phenols is 1. The fraction of sp³-hybridized carbons (Fsp3) is 0.409. The Morgan fingerprint density at radius 1 is 1.08 bits per heavy atom. The molecule has 1 spiro atoms. The molecule has 0 saturated carbocycles. The smallest absolute Gasteiger partial charge is 0.162 e. The van der Waals surface area contributed by atoms with E-state index in [0.717, 1.165) is 51.1 Å². The maximum atomic E-state index is 12.2. The van der Waals surface area contributed by atoms with Gasteiger partial charge in [-0.1, -0.05) is 18.2 Å². The number of nitrogens with zero attached hydrogens (tertiary/aromatic N) is 1. The minimum Gasteiger partial charge on any atom is -0.508 e. The van der Waals surface area contributed by atoms with Crippen LogP contribution in [0.4, 0.5) is 0 Å². The lowest BCUT2D eigenvalue weighted by atomic mass is 9.87. The summed E-state index contributed by atoms with van der Waals surface area (Å²) in [5.41, 5.74) is 2.00. The van der Waals surface area contributed by atoms with Gasteiger partial charge < -0.3 is 14.7 Å². The Hall–Kier alpha value is -2.33. The number of ether oxygens (including phenoxy) is 1. The minimum absolute atomic E-state index is 0.0119. The Morgan fingerprint density at radius 2 is 1.81 bits per heavy atom. The van der Waals surface area contributed by atoms with Crippen LogP contribution >= 0.6 is 0 Å². The zero-order chi connectivity index (χ0) is 18.0. The number of likely N-dealkylation sites (tertiary alicyclic amines) is 1. The fourth-order valence-corrected chi connectivity index (χ4v) is 4.08. The highest BCUT2D eigenvalue weighted by Gasteiger charge is 2.41. The predicted molar refractivity (Wildman–Crippen MR) is 101 cm³/mol. The number of Topliss-reactive ketones (excluding diaryl/α,β-unsaturated/α-hetero) is 1. The topological polar surface area (TPSA) is 49.8 Å². The monoisotopic (exact) mass is 351 g/mol. The van der Waals surface area contributed by atoms with E-state index in [1.807, 2.05) is 6.07 Å². The normalized spacial score (nSPS) is 18.5. The van der Waals surface area contributed by atoms with Gasteiger partial charge in [0.05, 0.1) is 0 Å². The molecule has 0 bridgehead atoms. The van der Waals surface area contributed by atoms with Gasteiger partial charge >= 0.3 is 0 Å². The van der Waals surface area contributed by atoms with Gasteiger partial charge in [0.15, 0.2) is 5.78 Å². The number of ketones is 1. The summed E-state index contributed by atoms with van der Waals surface area (Å²) in [6, 6.07) is 14.9. The van der Waals surface area contributed by atoms with Crippen molar-refractivity contribution < 1.29 is 14.6 Å². The summed E-state index contributed by atoms with van der Waals surface area (Å²) in [5, 5.41) is 9.30.